The van der Waals surface area contributed by atoms with E-state index in [2.05, 4.69) is 32.5 Å². The van der Waals surface area contributed by atoms with E-state index in [1.165, 1.54) is 64.2 Å². The topological polar surface area (TPSA) is 0 Å². The van der Waals surface area contributed by atoms with Crippen molar-refractivity contribution < 1.29 is 0 Å². The Balaban J connectivity index is 1.56. The Morgan fingerprint density at radius 2 is 1.72 bits per heavy atom. The van der Waals surface area contributed by atoms with Gasteiger partial charge in [0.2, 0.25) is 0 Å². The predicted octanol–water partition coefficient (Wildman–Crippen LogP) is 6.19. The summed E-state index contributed by atoms with van der Waals surface area (Å²) < 4.78 is 0. The molecule has 0 amide bonds. The fraction of sp³-hybridized carbons (Fsp3) is 0.917. The van der Waals surface area contributed by atoms with Crippen molar-refractivity contribution >= 4 is 7.85 Å². The van der Waals surface area contributed by atoms with E-state index in [0.29, 0.717) is 16.7 Å². The zero-order valence-corrected chi connectivity index (χ0v) is 16.8. The highest BCUT2D eigenvalue weighted by Gasteiger charge is 2.59. The molecule has 0 aliphatic heterocycles. The number of fused-ring (bicyclic) bond motifs is 5. The highest BCUT2D eigenvalue weighted by atomic mass is 14.6. The monoisotopic (exact) mass is 336 g/mol. The first-order valence-corrected chi connectivity index (χ1v) is 11.2. The Hall–Kier alpha value is -0.375. The molecule has 2 radical (unpaired) electrons. The molecule has 0 aromatic rings. The Bertz CT molecular complexity index is 556. The molecule has 0 N–H and O–H groups in total. The van der Waals surface area contributed by atoms with Crippen LogP contribution in [0, 0.1) is 58.1 Å². The van der Waals surface area contributed by atoms with Crippen LogP contribution in [0.2, 0.25) is 0 Å². The number of hydrogen-bond donors (Lipinski definition) is 0. The molecule has 4 aliphatic carbocycles. The lowest BCUT2D eigenvalue weighted by Gasteiger charge is -2.60. The maximum Gasteiger partial charge on any atom is 0.187 e. The minimum absolute atomic E-state index is 0.578. The van der Waals surface area contributed by atoms with Gasteiger partial charge in [0.1, 0.15) is 0 Å². The molecule has 0 nitrogen and oxygen atoms in total. The van der Waals surface area contributed by atoms with Crippen LogP contribution < -0.4 is 0 Å². The Labute approximate surface area is 157 Å². The van der Waals surface area contributed by atoms with Crippen molar-refractivity contribution in [3.05, 3.63) is 0 Å². The molecule has 8 atom stereocenters. The molecule has 136 valence electrons. The van der Waals surface area contributed by atoms with E-state index >= 15 is 0 Å². The van der Waals surface area contributed by atoms with Crippen LogP contribution in [-0.2, 0) is 0 Å². The zero-order chi connectivity index (χ0) is 17.7. The Morgan fingerprint density at radius 1 is 0.920 bits per heavy atom. The first-order chi connectivity index (χ1) is 12.0. The van der Waals surface area contributed by atoms with Gasteiger partial charge in [0.05, 0.1) is 0 Å². The van der Waals surface area contributed by atoms with Gasteiger partial charge in [0, 0.05) is 6.42 Å². The summed E-state index contributed by atoms with van der Waals surface area (Å²) in [4.78, 5) is 0. The standard InChI is InChI=1S/C24H37B/c1-17(7-6-16-25)20-11-12-21-19-10-9-18-8-4-5-14-23(18,2)22(19)13-15-24(20,21)3/h17-22H,4-5,7-15H2,1-3H3/t17-,18?,19+,20-,21+,22+,23+,24-/m1/s1. The van der Waals surface area contributed by atoms with Crippen molar-refractivity contribution in [2.24, 2.45) is 46.3 Å². The highest BCUT2D eigenvalue weighted by molar-refractivity contribution is 6.22. The predicted molar refractivity (Wildman–Crippen MR) is 107 cm³/mol. The molecule has 25 heavy (non-hydrogen) atoms. The van der Waals surface area contributed by atoms with Gasteiger partial charge >= 0.3 is 0 Å². The Morgan fingerprint density at radius 3 is 2.52 bits per heavy atom. The molecule has 0 aromatic carbocycles. The summed E-state index contributed by atoms with van der Waals surface area (Å²) in [5.74, 6) is 11.5. The smallest absolute Gasteiger partial charge is 0.172 e. The van der Waals surface area contributed by atoms with E-state index in [1.54, 1.807) is 0 Å². The molecule has 1 heteroatoms. The molecular weight excluding hydrogens is 299 g/mol. The highest BCUT2D eigenvalue weighted by Crippen LogP contribution is 2.68. The second-order valence-corrected chi connectivity index (χ2v) is 10.6. The first kappa shape index (κ1) is 18.0. The summed E-state index contributed by atoms with van der Waals surface area (Å²) >= 11 is 0. The van der Waals surface area contributed by atoms with Crippen LogP contribution in [-0.4, -0.2) is 7.85 Å². The van der Waals surface area contributed by atoms with Gasteiger partial charge in [-0.2, -0.15) is 5.82 Å². The maximum absolute atomic E-state index is 5.44. The average molecular weight is 336 g/mol. The summed E-state index contributed by atoms with van der Waals surface area (Å²) in [6, 6.07) is 0. The quantitative estimate of drug-likeness (QED) is 0.416. The summed E-state index contributed by atoms with van der Waals surface area (Å²) in [6.07, 6.45) is 16.0. The van der Waals surface area contributed by atoms with Crippen LogP contribution in [0.3, 0.4) is 0 Å². The molecule has 0 spiro atoms. The van der Waals surface area contributed by atoms with E-state index in [1.807, 2.05) is 0 Å². The van der Waals surface area contributed by atoms with E-state index in [-0.39, 0.29) is 0 Å². The van der Waals surface area contributed by atoms with Crippen LogP contribution >= 0.6 is 0 Å². The van der Waals surface area contributed by atoms with Gasteiger partial charge < -0.3 is 0 Å². The summed E-state index contributed by atoms with van der Waals surface area (Å²) in [6.45, 7) is 7.80. The van der Waals surface area contributed by atoms with Crippen LogP contribution in [0.15, 0.2) is 0 Å². The van der Waals surface area contributed by atoms with E-state index in [0.717, 1.165) is 36.0 Å². The van der Waals surface area contributed by atoms with Crippen LogP contribution in [0.25, 0.3) is 0 Å². The SMILES string of the molecule is [B]C#CC[C@@H](C)[C@H]1CC[C@H]2[C@@H]3CCC4CCCC[C@]4(C)[C@H]3CC[C@]12C. The van der Waals surface area contributed by atoms with Crippen molar-refractivity contribution in [1.82, 2.24) is 0 Å². The third-order valence-electron chi connectivity index (χ3n) is 9.87. The lowest BCUT2D eigenvalue weighted by Crippen LogP contribution is -2.53. The van der Waals surface area contributed by atoms with Crippen molar-refractivity contribution in [3.8, 4) is 11.7 Å². The maximum atomic E-state index is 5.44. The van der Waals surface area contributed by atoms with Crippen molar-refractivity contribution in [2.75, 3.05) is 0 Å². The second-order valence-electron chi connectivity index (χ2n) is 10.6. The molecule has 4 fully saturated rings. The molecule has 4 saturated carbocycles. The minimum atomic E-state index is 0.578. The van der Waals surface area contributed by atoms with Gasteiger partial charge in [0.15, 0.2) is 7.85 Å². The van der Waals surface area contributed by atoms with Gasteiger partial charge in [-0.1, -0.05) is 33.6 Å². The average Bonchev–Trinajstić information content (AvgIpc) is 2.96. The van der Waals surface area contributed by atoms with Gasteiger partial charge in [-0.3, -0.25) is 0 Å². The lowest BCUT2D eigenvalue weighted by atomic mass is 9.44. The molecular formula is C24H37B. The molecule has 4 rings (SSSR count). The van der Waals surface area contributed by atoms with Gasteiger partial charge in [-0.25, -0.2) is 0 Å². The second kappa shape index (κ2) is 6.66. The van der Waals surface area contributed by atoms with Crippen LogP contribution in [0.5, 0.6) is 0 Å². The fourth-order valence-corrected chi connectivity index (χ4v) is 8.63. The number of hydrogen-bond acceptors (Lipinski definition) is 0. The van der Waals surface area contributed by atoms with Crippen molar-refractivity contribution in [2.45, 2.75) is 91.4 Å². The van der Waals surface area contributed by atoms with Crippen molar-refractivity contribution in [3.63, 3.8) is 0 Å². The largest absolute Gasteiger partial charge is 0.187 e. The number of rotatable bonds is 2. The first-order valence-electron chi connectivity index (χ1n) is 11.2. The molecule has 0 saturated heterocycles. The van der Waals surface area contributed by atoms with Gasteiger partial charge in [-0.05, 0) is 97.7 Å². The minimum Gasteiger partial charge on any atom is -0.172 e. The van der Waals surface area contributed by atoms with Crippen LogP contribution in [0.4, 0.5) is 0 Å². The Kier molecular flexibility index (Phi) is 4.80. The van der Waals surface area contributed by atoms with E-state index in [9.17, 15) is 0 Å². The molecule has 0 bridgehead atoms. The fourth-order valence-electron chi connectivity index (χ4n) is 8.63. The van der Waals surface area contributed by atoms with Gasteiger partial charge in [-0.15, -0.1) is 5.92 Å². The van der Waals surface area contributed by atoms with Crippen LogP contribution in [0.1, 0.15) is 91.4 Å². The zero-order valence-electron chi connectivity index (χ0n) is 16.8. The summed E-state index contributed by atoms with van der Waals surface area (Å²) in [5, 5.41) is 0. The van der Waals surface area contributed by atoms with E-state index < -0.39 is 0 Å². The molecule has 0 aromatic heterocycles. The molecule has 0 heterocycles. The third-order valence-corrected chi connectivity index (χ3v) is 9.87. The normalized spacial score (nSPS) is 50.0. The summed E-state index contributed by atoms with van der Waals surface area (Å²) in [7, 11) is 5.44. The summed E-state index contributed by atoms with van der Waals surface area (Å²) in [5.41, 5.74) is 1.26. The van der Waals surface area contributed by atoms with E-state index in [4.69, 9.17) is 7.85 Å². The molecule has 1 unspecified atom stereocenters. The lowest BCUT2D eigenvalue weighted by molar-refractivity contribution is -0.114. The van der Waals surface area contributed by atoms with Gasteiger partial charge in [0.25, 0.3) is 0 Å². The molecule has 4 aliphatic rings. The van der Waals surface area contributed by atoms with Crippen molar-refractivity contribution in [1.29, 1.82) is 0 Å². The third kappa shape index (κ3) is 2.73.